The smallest absolute Gasteiger partial charge is 0.118 e. The van der Waals surface area contributed by atoms with Crippen LogP contribution in [0.4, 0.5) is 0 Å². The molecule has 0 amide bonds. The first-order chi connectivity index (χ1) is 8.81. The Hall–Kier alpha value is -1.60. The number of aromatic nitrogens is 2. The number of hydrogen-bond acceptors (Lipinski definition) is 4. The van der Waals surface area contributed by atoms with Crippen LogP contribution in [-0.2, 0) is 0 Å². The number of nitriles is 1. The van der Waals surface area contributed by atoms with Crippen molar-refractivity contribution in [1.82, 2.24) is 9.97 Å². The van der Waals surface area contributed by atoms with Crippen LogP contribution in [-0.4, -0.2) is 15.7 Å². The van der Waals surface area contributed by atoms with E-state index in [0.29, 0.717) is 6.42 Å². The Balaban J connectivity index is 2.04. The topological polar surface area (TPSA) is 49.6 Å². The third kappa shape index (κ3) is 3.21. The molecule has 2 rings (SSSR count). The molecule has 0 radical (unpaired) electrons. The Morgan fingerprint density at radius 3 is 2.61 bits per heavy atom. The summed E-state index contributed by atoms with van der Waals surface area (Å²) >= 11 is 1.73. The molecule has 18 heavy (non-hydrogen) atoms. The second-order valence-electron chi connectivity index (χ2n) is 4.07. The lowest BCUT2D eigenvalue weighted by atomic mass is 10.3. The monoisotopic (exact) mass is 257 g/mol. The van der Waals surface area contributed by atoms with E-state index < -0.39 is 0 Å². The first-order valence-electron chi connectivity index (χ1n) is 6.04. The van der Waals surface area contributed by atoms with Gasteiger partial charge in [0.15, 0.2) is 0 Å². The van der Waals surface area contributed by atoms with Crippen molar-refractivity contribution in [2.75, 3.05) is 5.75 Å². The van der Waals surface area contributed by atoms with Gasteiger partial charge in [0, 0.05) is 6.42 Å². The molecule has 4 heteroatoms. The molecule has 0 saturated heterocycles. The van der Waals surface area contributed by atoms with Gasteiger partial charge >= 0.3 is 0 Å². The zero-order chi connectivity index (χ0) is 12.8. The second kappa shape index (κ2) is 6.36. The minimum absolute atomic E-state index is 0.642. The van der Waals surface area contributed by atoms with Crippen molar-refractivity contribution in [3.05, 3.63) is 30.0 Å². The third-order valence-electron chi connectivity index (χ3n) is 2.62. The van der Waals surface area contributed by atoms with Crippen LogP contribution < -0.4 is 0 Å². The fourth-order valence-corrected chi connectivity index (χ4v) is 2.64. The summed E-state index contributed by atoms with van der Waals surface area (Å²) in [6.07, 6.45) is 2.65. The largest absolute Gasteiger partial charge is 0.249 e. The van der Waals surface area contributed by atoms with Crippen LogP contribution in [0.15, 0.2) is 29.3 Å². The zero-order valence-electron chi connectivity index (χ0n) is 10.4. The molecule has 0 aliphatic carbocycles. The van der Waals surface area contributed by atoms with E-state index in [0.717, 1.165) is 40.3 Å². The average molecular weight is 257 g/mol. The molecule has 3 nitrogen and oxygen atoms in total. The summed E-state index contributed by atoms with van der Waals surface area (Å²) in [6, 6.07) is 10.1. The van der Waals surface area contributed by atoms with Crippen LogP contribution in [0.25, 0.3) is 11.0 Å². The second-order valence-corrected chi connectivity index (χ2v) is 5.15. The van der Waals surface area contributed by atoms with Crippen LogP contribution >= 0.6 is 11.8 Å². The molecule has 0 fully saturated rings. The molecule has 0 aliphatic heterocycles. The molecule has 0 bridgehead atoms. The summed E-state index contributed by atoms with van der Waals surface area (Å²) in [5.41, 5.74) is 2.88. The Bertz CT molecular complexity index is 575. The van der Waals surface area contributed by atoms with E-state index in [1.807, 2.05) is 31.2 Å². The Morgan fingerprint density at radius 1 is 1.17 bits per heavy atom. The highest BCUT2D eigenvalue weighted by molar-refractivity contribution is 7.99. The lowest BCUT2D eigenvalue weighted by molar-refractivity contribution is 0.829. The predicted octanol–water partition coefficient (Wildman–Crippen LogP) is 3.72. The number of nitrogens with zero attached hydrogens (tertiary/aromatic N) is 3. The van der Waals surface area contributed by atoms with Crippen LogP contribution in [0.2, 0.25) is 0 Å². The van der Waals surface area contributed by atoms with Gasteiger partial charge in [0.2, 0.25) is 0 Å². The van der Waals surface area contributed by atoms with E-state index in [4.69, 9.17) is 5.26 Å². The SMILES string of the molecule is Cc1nc2ccccc2nc1SCCCCC#N. The number of thioether (sulfide) groups is 1. The van der Waals surface area contributed by atoms with Gasteiger partial charge in [0.05, 0.1) is 22.8 Å². The minimum Gasteiger partial charge on any atom is -0.249 e. The number of rotatable bonds is 5. The molecule has 0 aliphatic rings. The summed E-state index contributed by atoms with van der Waals surface area (Å²) in [6.45, 7) is 2.00. The van der Waals surface area contributed by atoms with E-state index in [-0.39, 0.29) is 0 Å². The number of fused-ring (bicyclic) bond motifs is 1. The predicted molar refractivity (Wildman–Crippen MR) is 74.5 cm³/mol. The lowest BCUT2D eigenvalue weighted by Crippen LogP contribution is -1.93. The molecular weight excluding hydrogens is 242 g/mol. The van der Waals surface area contributed by atoms with Crippen molar-refractivity contribution >= 4 is 22.8 Å². The van der Waals surface area contributed by atoms with E-state index >= 15 is 0 Å². The van der Waals surface area contributed by atoms with Gasteiger partial charge in [-0.05, 0) is 37.7 Å². The summed E-state index contributed by atoms with van der Waals surface area (Å²) in [4.78, 5) is 9.18. The van der Waals surface area contributed by atoms with E-state index in [1.165, 1.54) is 0 Å². The van der Waals surface area contributed by atoms with Crippen LogP contribution in [0.1, 0.15) is 25.0 Å². The summed E-state index contributed by atoms with van der Waals surface area (Å²) in [7, 11) is 0. The molecule has 0 unspecified atom stereocenters. The quantitative estimate of drug-likeness (QED) is 0.605. The van der Waals surface area contributed by atoms with E-state index in [9.17, 15) is 0 Å². The first kappa shape index (κ1) is 12.8. The molecule has 92 valence electrons. The number of benzene rings is 1. The zero-order valence-corrected chi connectivity index (χ0v) is 11.2. The van der Waals surface area contributed by atoms with E-state index in [1.54, 1.807) is 11.8 Å². The highest BCUT2D eigenvalue weighted by atomic mass is 32.2. The molecule has 2 aromatic rings. The maximum atomic E-state index is 8.47. The van der Waals surface area contributed by atoms with Crippen LogP contribution in [0.5, 0.6) is 0 Å². The molecule has 0 spiro atoms. The van der Waals surface area contributed by atoms with Crippen molar-refractivity contribution in [3.63, 3.8) is 0 Å². The maximum Gasteiger partial charge on any atom is 0.118 e. The summed E-state index contributed by atoms with van der Waals surface area (Å²) in [5.74, 6) is 0.996. The Kier molecular flexibility index (Phi) is 4.54. The van der Waals surface area contributed by atoms with Gasteiger partial charge in [-0.15, -0.1) is 11.8 Å². The third-order valence-corrected chi connectivity index (χ3v) is 3.78. The van der Waals surface area contributed by atoms with Gasteiger partial charge in [-0.2, -0.15) is 5.26 Å². The minimum atomic E-state index is 0.642. The number of aryl methyl sites for hydroxylation is 1. The molecule has 0 atom stereocenters. The molecular formula is C14H15N3S. The first-order valence-corrected chi connectivity index (χ1v) is 7.03. The average Bonchev–Trinajstić information content (AvgIpc) is 2.39. The molecule has 1 heterocycles. The fourth-order valence-electron chi connectivity index (χ4n) is 1.68. The number of para-hydroxylation sites is 2. The summed E-state index contributed by atoms with van der Waals surface area (Å²) < 4.78 is 0. The maximum absolute atomic E-state index is 8.47. The highest BCUT2D eigenvalue weighted by Gasteiger charge is 2.05. The van der Waals surface area contributed by atoms with Gasteiger partial charge in [-0.3, -0.25) is 0 Å². The molecule has 1 aromatic heterocycles. The Morgan fingerprint density at radius 2 is 1.89 bits per heavy atom. The molecule has 1 aromatic carbocycles. The van der Waals surface area contributed by atoms with Crippen molar-refractivity contribution < 1.29 is 0 Å². The van der Waals surface area contributed by atoms with Crippen molar-refractivity contribution in [3.8, 4) is 6.07 Å². The van der Waals surface area contributed by atoms with Gasteiger partial charge in [-0.25, -0.2) is 9.97 Å². The van der Waals surface area contributed by atoms with Gasteiger partial charge in [0.1, 0.15) is 5.03 Å². The molecule has 0 saturated carbocycles. The standard InChI is InChI=1S/C14H15N3S/c1-11-14(18-10-6-2-5-9-15)17-13-8-4-3-7-12(13)16-11/h3-4,7-8H,2,5-6,10H2,1H3. The van der Waals surface area contributed by atoms with Crippen LogP contribution in [0, 0.1) is 18.3 Å². The highest BCUT2D eigenvalue weighted by Crippen LogP contribution is 2.22. The normalized spacial score (nSPS) is 10.4. The van der Waals surface area contributed by atoms with Crippen LogP contribution in [0.3, 0.4) is 0 Å². The van der Waals surface area contributed by atoms with Crippen molar-refractivity contribution in [2.24, 2.45) is 0 Å². The number of unbranched alkanes of at least 4 members (excludes halogenated alkanes) is 2. The van der Waals surface area contributed by atoms with Crippen molar-refractivity contribution in [1.29, 1.82) is 5.26 Å². The van der Waals surface area contributed by atoms with Gasteiger partial charge in [0.25, 0.3) is 0 Å². The van der Waals surface area contributed by atoms with Gasteiger partial charge < -0.3 is 0 Å². The summed E-state index contributed by atoms with van der Waals surface area (Å²) in [5, 5.41) is 9.47. The van der Waals surface area contributed by atoms with Crippen molar-refractivity contribution in [2.45, 2.75) is 31.2 Å². The van der Waals surface area contributed by atoms with Gasteiger partial charge in [-0.1, -0.05) is 12.1 Å². The lowest BCUT2D eigenvalue weighted by Gasteiger charge is -2.05. The fraction of sp³-hybridized carbons (Fsp3) is 0.357. The van der Waals surface area contributed by atoms with E-state index in [2.05, 4.69) is 16.0 Å². The molecule has 0 N–H and O–H groups in total. The number of hydrogen-bond donors (Lipinski definition) is 0. The Labute approximate surface area is 111 Å².